The lowest BCUT2D eigenvalue weighted by atomic mass is 10.00. The zero-order valence-corrected chi connectivity index (χ0v) is 12.4. The van der Waals surface area contributed by atoms with E-state index in [-0.39, 0.29) is 18.6 Å². The van der Waals surface area contributed by atoms with Crippen molar-refractivity contribution >= 4 is 11.6 Å². The van der Waals surface area contributed by atoms with Gasteiger partial charge in [-0.15, -0.1) is 0 Å². The summed E-state index contributed by atoms with van der Waals surface area (Å²) in [5.41, 5.74) is 0.812. The van der Waals surface area contributed by atoms with E-state index in [0.29, 0.717) is 5.92 Å². The zero-order valence-electron chi connectivity index (χ0n) is 12.4. The van der Waals surface area contributed by atoms with Crippen molar-refractivity contribution in [1.82, 2.24) is 5.32 Å². The molecule has 0 aliphatic heterocycles. The van der Waals surface area contributed by atoms with E-state index in [2.05, 4.69) is 17.6 Å². The van der Waals surface area contributed by atoms with E-state index in [1.165, 1.54) is 0 Å². The number of nitrogens with one attached hydrogen (secondary N) is 2. The van der Waals surface area contributed by atoms with Crippen LogP contribution in [0.3, 0.4) is 0 Å². The van der Waals surface area contributed by atoms with Crippen LogP contribution in [0.15, 0.2) is 30.3 Å². The lowest BCUT2D eigenvalue weighted by molar-refractivity contribution is -0.117. The summed E-state index contributed by atoms with van der Waals surface area (Å²) in [6, 6.07) is 9.21. The number of aliphatic hydroxyl groups is 1. The second-order valence-electron chi connectivity index (χ2n) is 5.15. The van der Waals surface area contributed by atoms with Crippen LogP contribution in [0.4, 0.5) is 5.69 Å². The van der Waals surface area contributed by atoms with Gasteiger partial charge in [0.1, 0.15) is 0 Å². The molecule has 0 aliphatic carbocycles. The Bertz CT molecular complexity index is 375. The Kier molecular flexibility index (Phi) is 7.92. The fourth-order valence-corrected chi connectivity index (χ4v) is 2.15. The average molecular weight is 278 g/mol. The summed E-state index contributed by atoms with van der Waals surface area (Å²) in [5.74, 6) is 0.396. The van der Waals surface area contributed by atoms with Crippen LogP contribution in [0.2, 0.25) is 0 Å². The largest absolute Gasteiger partial charge is 0.396 e. The second kappa shape index (κ2) is 9.50. The molecule has 1 rings (SSSR count). The van der Waals surface area contributed by atoms with E-state index in [1.54, 1.807) is 0 Å². The first-order valence-electron chi connectivity index (χ1n) is 7.37. The monoisotopic (exact) mass is 278 g/mol. The van der Waals surface area contributed by atoms with Crippen molar-refractivity contribution in [2.45, 2.75) is 39.2 Å². The Hall–Kier alpha value is -1.39. The Morgan fingerprint density at radius 3 is 2.55 bits per heavy atom. The molecule has 0 aliphatic rings. The van der Waals surface area contributed by atoms with Crippen LogP contribution in [0.5, 0.6) is 0 Å². The van der Waals surface area contributed by atoms with E-state index in [1.807, 2.05) is 37.3 Å². The number of aliphatic hydroxyl groups excluding tert-OH is 1. The molecule has 1 aromatic carbocycles. The molecule has 0 heterocycles. The summed E-state index contributed by atoms with van der Waals surface area (Å²) in [7, 11) is 0. The van der Waals surface area contributed by atoms with Gasteiger partial charge in [-0.25, -0.2) is 0 Å². The molecule has 2 atom stereocenters. The SMILES string of the molecule is CCCC(CCO)CNC(C)C(=O)Nc1ccccc1. The Morgan fingerprint density at radius 1 is 1.25 bits per heavy atom. The normalized spacial score (nSPS) is 13.8. The molecule has 20 heavy (non-hydrogen) atoms. The fourth-order valence-electron chi connectivity index (χ4n) is 2.15. The molecule has 0 spiro atoms. The standard InChI is InChI=1S/C16H26N2O2/c1-3-7-14(10-11-19)12-17-13(2)16(20)18-15-8-5-4-6-9-15/h4-6,8-9,13-14,17,19H,3,7,10-12H2,1-2H3,(H,18,20). The third-order valence-corrected chi connectivity index (χ3v) is 3.38. The number of benzene rings is 1. The maximum absolute atomic E-state index is 12.0. The van der Waals surface area contributed by atoms with Crippen molar-refractivity contribution in [1.29, 1.82) is 0 Å². The van der Waals surface area contributed by atoms with Gasteiger partial charge in [0, 0.05) is 12.3 Å². The number of carbonyl (C=O) groups excluding carboxylic acids is 1. The Morgan fingerprint density at radius 2 is 1.95 bits per heavy atom. The molecule has 0 radical (unpaired) electrons. The molecule has 0 aromatic heterocycles. The molecule has 1 amide bonds. The minimum atomic E-state index is -0.242. The lowest BCUT2D eigenvalue weighted by Gasteiger charge is -2.19. The van der Waals surface area contributed by atoms with Crippen molar-refractivity contribution < 1.29 is 9.90 Å². The number of para-hydroxylation sites is 1. The highest BCUT2D eigenvalue weighted by Gasteiger charge is 2.14. The van der Waals surface area contributed by atoms with Crippen molar-refractivity contribution in [3.8, 4) is 0 Å². The molecular formula is C16H26N2O2. The van der Waals surface area contributed by atoms with E-state index >= 15 is 0 Å². The van der Waals surface area contributed by atoms with E-state index < -0.39 is 0 Å². The quantitative estimate of drug-likeness (QED) is 0.650. The molecule has 1 aromatic rings. The van der Waals surface area contributed by atoms with Crippen LogP contribution in [0, 0.1) is 5.92 Å². The van der Waals surface area contributed by atoms with Gasteiger partial charge < -0.3 is 15.7 Å². The molecular weight excluding hydrogens is 252 g/mol. The third-order valence-electron chi connectivity index (χ3n) is 3.38. The van der Waals surface area contributed by atoms with Crippen LogP contribution in [0.25, 0.3) is 0 Å². The van der Waals surface area contributed by atoms with Crippen LogP contribution in [-0.2, 0) is 4.79 Å². The van der Waals surface area contributed by atoms with Gasteiger partial charge in [-0.2, -0.15) is 0 Å². The molecule has 4 nitrogen and oxygen atoms in total. The lowest BCUT2D eigenvalue weighted by Crippen LogP contribution is -2.40. The fraction of sp³-hybridized carbons (Fsp3) is 0.562. The predicted molar refractivity (Wildman–Crippen MR) is 82.6 cm³/mol. The average Bonchev–Trinajstić information content (AvgIpc) is 2.46. The van der Waals surface area contributed by atoms with Crippen LogP contribution in [-0.4, -0.2) is 30.2 Å². The summed E-state index contributed by atoms with van der Waals surface area (Å²) in [6.07, 6.45) is 2.95. The van der Waals surface area contributed by atoms with Gasteiger partial charge in [-0.1, -0.05) is 31.5 Å². The Balaban J connectivity index is 2.37. The zero-order chi connectivity index (χ0) is 14.8. The molecule has 0 saturated heterocycles. The number of carbonyl (C=O) groups is 1. The molecule has 0 fully saturated rings. The summed E-state index contributed by atoms with van der Waals surface area (Å²) in [4.78, 5) is 12.0. The van der Waals surface area contributed by atoms with Crippen LogP contribution < -0.4 is 10.6 Å². The predicted octanol–water partition coefficient (Wildman–Crippen LogP) is 2.40. The van der Waals surface area contributed by atoms with Gasteiger partial charge in [0.2, 0.25) is 5.91 Å². The number of amides is 1. The van der Waals surface area contributed by atoms with Gasteiger partial charge in [-0.3, -0.25) is 4.79 Å². The maximum atomic E-state index is 12.0. The first-order chi connectivity index (χ1) is 9.67. The van der Waals surface area contributed by atoms with Gasteiger partial charge in [0.15, 0.2) is 0 Å². The summed E-state index contributed by atoms with van der Waals surface area (Å²) in [5, 5.41) is 15.2. The van der Waals surface area contributed by atoms with Crippen molar-refractivity contribution in [2.75, 3.05) is 18.5 Å². The highest BCUT2D eigenvalue weighted by molar-refractivity contribution is 5.94. The van der Waals surface area contributed by atoms with Crippen LogP contribution in [0.1, 0.15) is 33.1 Å². The number of anilines is 1. The van der Waals surface area contributed by atoms with Crippen molar-refractivity contribution in [3.63, 3.8) is 0 Å². The van der Waals surface area contributed by atoms with Crippen molar-refractivity contribution in [2.24, 2.45) is 5.92 Å². The molecule has 0 bridgehead atoms. The smallest absolute Gasteiger partial charge is 0.241 e. The van der Waals surface area contributed by atoms with Crippen molar-refractivity contribution in [3.05, 3.63) is 30.3 Å². The highest BCUT2D eigenvalue weighted by atomic mass is 16.3. The minimum Gasteiger partial charge on any atom is -0.396 e. The number of rotatable bonds is 9. The van der Waals surface area contributed by atoms with Gasteiger partial charge >= 0.3 is 0 Å². The minimum absolute atomic E-state index is 0.0320. The topological polar surface area (TPSA) is 61.4 Å². The first-order valence-corrected chi connectivity index (χ1v) is 7.37. The van der Waals surface area contributed by atoms with Gasteiger partial charge in [0.25, 0.3) is 0 Å². The second-order valence-corrected chi connectivity index (χ2v) is 5.15. The number of hydrogen-bond donors (Lipinski definition) is 3. The van der Waals surface area contributed by atoms with E-state index in [0.717, 1.165) is 31.5 Å². The molecule has 2 unspecified atom stereocenters. The third kappa shape index (κ3) is 6.17. The number of hydrogen-bond acceptors (Lipinski definition) is 3. The van der Waals surface area contributed by atoms with Crippen LogP contribution >= 0.6 is 0 Å². The molecule has 0 saturated carbocycles. The highest BCUT2D eigenvalue weighted by Crippen LogP contribution is 2.10. The summed E-state index contributed by atoms with van der Waals surface area (Å²) < 4.78 is 0. The van der Waals surface area contributed by atoms with Gasteiger partial charge in [0.05, 0.1) is 6.04 Å². The first kappa shape index (κ1) is 16.7. The summed E-state index contributed by atoms with van der Waals surface area (Å²) in [6.45, 7) is 4.96. The molecule has 4 heteroatoms. The maximum Gasteiger partial charge on any atom is 0.241 e. The van der Waals surface area contributed by atoms with E-state index in [4.69, 9.17) is 5.11 Å². The molecule has 3 N–H and O–H groups in total. The van der Waals surface area contributed by atoms with E-state index in [9.17, 15) is 4.79 Å². The Labute approximate surface area is 121 Å². The molecule has 112 valence electrons. The van der Waals surface area contributed by atoms with Gasteiger partial charge in [-0.05, 0) is 44.4 Å². The summed E-state index contributed by atoms with van der Waals surface area (Å²) >= 11 is 0.